The molecule has 0 aromatic carbocycles. The molecule has 1 aliphatic carbocycles. The van der Waals surface area contributed by atoms with E-state index in [2.05, 4.69) is 15.7 Å². The molecule has 98 valence electrons. The molecular weight excluding hydrogens is 224 g/mol. The van der Waals surface area contributed by atoms with Crippen molar-refractivity contribution < 1.29 is 4.79 Å². The third-order valence-electron chi connectivity index (χ3n) is 4.07. The second-order valence-corrected chi connectivity index (χ2v) is 5.68. The fourth-order valence-corrected chi connectivity index (χ4v) is 2.79. The van der Waals surface area contributed by atoms with Crippen LogP contribution in [0.1, 0.15) is 42.5 Å². The summed E-state index contributed by atoms with van der Waals surface area (Å²) in [4.78, 5) is 14.4. The molecule has 1 saturated carbocycles. The Kier molecular flexibility index (Phi) is 3.50. The van der Waals surface area contributed by atoms with Crippen LogP contribution in [-0.2, 0) is 6.54 Å². The van der Waals surface area contributed by atoms with Crippen molar-refractivity contribution in [2.24, 2.45) is 5.92 Å². The molecule has 0 N–H and O–H groups in total. The fourth-order valence-electron chi connectivity index (χ4n) is 2.79. The molecule has 1 aromatic heterocycles. The van der Waals surface area contributed by atoms with Crippen LogP contribution in [0.25, 0.3) is 0 Å². The lowest BCUT2D eigenvalue weighted by Crippen LogP contribution is -2.21. The molecule has 2 heterocycles. The number of likely N-dealkylation sites (tertiary alicyclic amines) is 1. The summed E-state index contributed by atoms with van der Waals surface area (Å²) < 4.78 is 2.17. The van der Waals surface area contributed by atoms with Gasteiger partial charge in [-0.05, 0) is 57.8 Å². The van der Waals surface area contributed by atoms with Crippen LogP contribution in [0.2, 0.25) is 0 Å². The molecule has 1 aromatic rings. The standard InChI is InChI=1S/C15H22N2O/c18-15(13-4-5-13)14-6-11-17(12-14)10-3-9-16-7-1-2-8-16/h6,11-13H,1-5,7-10H2. The third-order valence-corrected chi connectivity index (χ3v) is 4.07. The molecule has 0 bridgehead atoms. The maximum absolute atomic E-state index is 11.9. The zero-order valence-electron chi connectivity index (χ0n) is 11.0. The van der Waals surface area contributed by atoms with Crippen molar-refractivity contribution in [1.29, 1.82) is 0 Å². The summed E-state index contributed by atoms with van der Waals surface area (Å²) in [5.74, 6) is 0.693. The Morgan fingerprint density at radius 2 is 2.00 bits per heavy atom. The maximum atomic E-state index is 11.9. The summed E-state index contributed by atoms with van der Waals surface area (Å²) in [5, 5.41) is 0. The Bertz CT molecular complexity index is 414. The van der Waals surface area contributed by atoms with E-state index in [1.54, 1.807) is 0 Å². The number of Topliss-reactive ketones (excluding diaryl/α,β-unsaturated/α-hetero) is 1. The van der Waals surface area contributed by atoms with Gasteiger partial charge in [0.2, 0.25) is 0 Å². The summed E-state index contributed by atoms with van der Waals surface area (Å²) in [6, 6.07) is 1.98. The van der Waals surface area contributed by atoms with E-state index in [1.165, 1.54) is 38.9 Å². The number of aromatic nitrogens is 1. The quantitative estimate of drug-likeness (QED) is 0.721. The number of carbonyl (C=O) groups is 1. The molecule has 0 spiro atoms. The maximum Gasteiger partial charge on any atom is 0.167 e. The number of aryl methyl sites for hydroxylation is 1. The first-order valence-electron chi connectivity index (χ1n) is 7.25. The Morgan fingerprint density at radius 3 is 2.72 bits per heavy atom. The number of carbonyl (C=O) groups excluding carboxylic acids is 1. The average Bonchev–Trinajstić information content (AvgIpc) is 2.90. The molecule has 3 rings (SSSR count). The summed E-state index contributed by atoms with van der Waals surface area (Å²) in [6.07, 6.45) is 10.2. The van der Waals surface area contributed by atoms with Crippen LogP contribution in [0, 0.1) is 5.92 Å². The SMILES string of the molecule is O=C(c1ccn(CCCN2CCCC2)c1)C1CC1. The first kappa shape index (κ1) is 12.0. The first-order valence-corrected chi connectivity index (χ1v) is 7.25. The van der Waals surface area contributed by atoms with Gasteiger partial charge in [-0.1, -0.05) is 0 Å². The van der Waals surface area contributed by atoms with Crippen LogP contribution < -0.4 is 0 Å². The van der Waals surface area contributed by atoms with Gasteiger partial charge >= 0.3 is 0 Å². The van der Waals surface area contributed by atoms with Crippen molar-refractivity contribution in [2.45, 2.75) is 38.6 Å². The van der Waals surface area contributed by atoms with E-state index in [0.29, 0.717) is 11.7 Å². The van der Waals surface area contributed by atoms with Gasteiger partial charge in [0.25, 0.3) is 0 Å². The number of ketones is 1. The molecule has 2 fully saturated rings. The minimum atomic E-state index is 0.338. The molecule has 3 nitrogen and oxygen atoms in total. The van der Waals surface area contributed by atoms with Crippen molar-refractivity contribution in [3.05, 3.63) is 24.0 Å². The van der Waals surface area contributed by atoms with Crippen molar-refractivity contribution in [3.8, 4) is 0 Å². The van der Waals surface area contributed by atoms with E-state index in [0.717, 1.165) is 24.9 Å². The highest BCUT2D eigenvalue weighted by Gasteiger charge is 2.30. The molecule has 1 saturated heterocycles. The largest absolute Gasteiger partial charge is 0.353 e. The lowest BCUT2D eigenvalue weighted by molar-refractivity contribution is 0.0967. The summed E-state index contributed by atoms with van der Waals surface area (Å²) in [7, 11) is 0. The Morgan fingerprint density at radius 1 is 1.22 bits per heavy atom. The van der Waals surface area contributed by atoms with Crippen molar-refractivity contribution >= 4 is 5.78 Å². The van der Waals surface area contributed by atoms with Crippen molar-refractivity contribution in [1.82, 2.24) is 9.47 Å². The third kappa shape index (κ3) is 2.83. The zero-order valence-corrected chi connectivity index (χ0v) is 11.0. The van der Waals surface area contributed by atoms with Crippen LogP contribution >= 0.6 is 0 Å². The van der Waals surface area contributed by atoms with E-state index in [9.17, 15) is 4.79 Å². The van der Waals surface area contributed by atoms with Crippen LogP contribution in [0.3, 0.4) is 0 Å². The molecule has 2 aliphatic rings. The Labute approximate surface area is 109 Å². The van der Waals surface area contributed by atoms with Crippen LogP contribution in [0.5, 0.6) is 0 Å². The van der Waals surface area contributed by atoms with Gasteiger partial charge in [0, 0.05) is 30.4 Å². The van der Waals surface area contributed by atoms with Gasteiger partial charge in [0.15, 0.2) is 5.78 Å². The fraction of sp³-hybridized carbons (Fsp3) is 0.667. The lowest BCUT2D eigenvalue weighted by atomic mass is 10.1. The van der Waals surface area contributed by atoms with Gasteiger partial charge in [-0.2, -0.15) is 0 Å². The zero-order chi connectivity index (χ0) is 12.4. The summed E-state index contributed by atoms with van der Waals surface area (Å²) in [6.45, 7) is 4.78. The smallest absolute Gasteiger partial charge is 0.167 e. The van der Waals surface area contributed by atoms with Crippen molar-refractivity contribution in [2.75, 3.05) is 19.6 Å². The highest BCUT2D eigenvalue weighted by Crippen LogP contribution is 2.32. The van der Waals surface area contributed by atoms with Gasteiger partial charge < -0.3 is 9.47 Å². The molecule has 0 unspecified atom stereocenters. The van der Waals surface area contributed by atoms with Gasteiger partial charge in [0.05, 0.1) is 0 Å². The first-order chi connectivity index (χ1) is 8.83. The van der Waals surface area contributed by atoms with Gasteiger partial charge in [0.1, 0.15) is 0 Å². The molecule has 0 atom stereocenters. The molecule has 0 amide bonds. The minimum absolute atomic E-state index is 0.338. The van der Waals surface area contributed by atoms with Crippen LogP contribution in [0.15, 0.2) is 18.5 Å². The molecule has 18 heavy (non-hydrogen) atoms. The average molecular weight is 246 g/mol. The molecule has 3 heteroatoms. The second-order valence-electron chi connectivity index (χ2n) is 5.68. The molecular formula is C15H22N2O. The van der Waals surface area contributed by atoms with Gasteiger partial charge in [-0.3, -0.25) is 4.79 Å². The lowest BCUT2D eigenvalue weighted by Gasteiger charge is -2.14. The number of rotatable bonds is 6. The van der Waals surface area contributed by atoms with Crippen LogP contribution in [0.4, 0.5) is 0 Å². The molecule has 0 radical (unpaired) electrons. The summed E-state index contributed by atoms with van der Waals surface area (Å²) >= 11 is 0. The Balaban J connectivity index is 1.46. The van der Waals surface area contributed by atoms with Gasteiger partial charge in [-0.25, -0.2) is 0 Å². The van der Waals surface area contributed by atoms with Gasteiger partial charge in [-0.15, -0.1) is 0 Å². The van der Waals surface area contributed by atoms with E-state index < -0.39 is 0 Å². The highest BCUT2D eigenvalue weighted by molar-refractivity contribution is 5.99. The van der Waals surface area contributed by atoms with Crippen LogP contribution in [-0.4, -0.2) is 34.9 Å². The second kappa shape index (κ2) is 5.27. The van der Waals surface area contributed by atoms with E-state index in [4.69, 9.17) is 0 Å². The number of hydrogen-bond acceptors (Lipinski definition) is 2. The van der Waals surface area contributed by atoms with E-state index in [-0.39, 0.29) is 0 Å². The topological polar surface area (TPSA) is 25.2 Å². The highest BCUT2D eigenvalue weighted by atomic mass is 16.1. The van der Waals surface area contributed by atoms with Crippen molar-refractivity contribution in [3.63, 3.8) is 0 Å². The summed E-state index contributed by atoms with van der Waals surface area (Å²) in [5.41, 5.74) is 0.915. The minimum Gasteiger partial charge on any atom is -0.353 e. The number of hydrogen-bond donors (Lipinski definition) is 0. The normalized spacial score (nSPS) is 20.4. The van der Waals surface area contributed by atoms with E-state index in [1.807, 2.05) is 12.3 Å². The number of nitrogens with zero attached hydrogens (tertiary/aromatic N) is 2. The monoisotopic (exact) mass is 246 g/mol. The predicted octanol–water partition coefficient (Wildman–Crippen LogP) is 2.57. The molecule has 1 aliphatic heterocycles. The predicted molar refractivity (Wildman–Crippen MR) is 71.8 cm³/mol. The Hall–Kier alpha value is -1.09. The van der Waals surface area contributed by atoms with E-state index >= 15 is 0 Å².